The molecule has 0 saturated heterocycles. The molecule has 0 saturated carbocycles. The minimum absolute atomic E-state index is 0.0931. The van der Waals surface area contributed by atoms with Crippen molar-refractivity contribution in [3.63, 3.8) is 0 Å². The van der Waals surface area contributed by atoms with E-state index in [9.17, 15) is 9.59 Å². The summed E-state index contributed by atoms with van der Waals surface area (Å²) in [7, 11) is 0. The first-order valence-electron chi connectivity index (χ1n) is 5.47. The first-order valence-corrected chi connectivity index (χ1v) is 7.22. The first kappa shape index (κ1) is 14.9. The number of hydrogen-bond donors (Lipinski definition) is 2. The van der Waals surface area contributed by atoms with E-state index >= 15 is 0 Å². The van der Waals surface area contributed by atoms with Gasteiger partial charge in [0.05, 0.1) is 16.5 Å². The van der Waals surface area contributed by atoms with Crippen LogP contribution in [0.5, 0.6) is 0 Å². The molecule has 1 aromatic heterocycles. The number of carbonyl (C=O) groups excluding carboxylic acids is 1. The van der Waals surface area contributed by atoms with Crippen LogP contribution in [0.25, 0.3) is 0 Å². The highest BCUT2D eigenvalue weighted by Crippen LogP contribution is 2.25. The molecule has 0 fully saturated rings. The first-order chi connectivity index (χ1) is 9.54. The van der Waals surface area contributed by atoms with Gasteiger partial charge in [0.15, 0.2) is 5.16 Å². The van der Waals surface area contributed by atoms with Gasteiger partial charge in [-0.15, -0.1) is 0 Å². The molecule has 0 aliphatic carbocycles. The molecule has 8 heteroatoms. The Hall–Kier alpha value is -1.50. The van der Waals surface area contributed by atoms with E-state index in [1.807, 2.05) is 0 Å². The molecule has 0 aliphatic heterocycles. The smallest absolute Gasteiger partial charge is 0.251 e. The van der Waals surface area contributed by atoms with Gasteiger partial charge in [-0.3, -0.25) is 9.59 Å². The minimum atomic E-state index is -0.273. The monoisotopic (exact) mass is 329 g/mol. The lowest BCUT2D eigenvalue weighted by Gasteiger charge is -2.07. The molecule has 0 bridgehead atoms. The van der Waals surface area contributed by atoms with Crippen molar-refractivity contribution >= 4 is 46.6 Å². The zero-order valence-corrected chi connectivity index (χ0v) is 12.4. The van der Waals surface area contributed by atoms with E-state index < -0.39 is 0 Å². The number of H-pyrrole nitrogens is 1. The Balaban J connectivity index is 1.96. The van der Waals surface area contributed by atoms with E-state index in [0.29, 0.717) is 20.9 Å². The number of hydrogen-bond acceptors (Lipinski definition) is 4. The minimum Gasteiger partial charge on any atom is -0.324 e. The number of anilines is 1. The third kappa shape index (κ3) is 4.26. The van der Waals surface area contributed by atoms with Crippen molar-refractivity contribution in [2.24, 2.45) is 0 Å². The fraction of sp³-hybridized carbons (Fsp3) is 0.0833. The van der Waals surface area contributed by atoms with E-state index in [0.717, 1.165) is 11.8 Å². The number of amides is 1. The van der Waals surface area contributed by atoms with Crippen molar-refractivity contribution in [3.8, 4) is 0 Å². The van der Waals surface area contributed by atoms with Crippen molar-refractivity contribution in [2.75, 3.05) is 11.1 Å². The number of aromatic nitrogens is 2. The zero-order chi connectivity index (χ0) is 14.5. The van der Waals surface area contributed by atoms with Gasteiger partial charge in [0.1, 0.15) is 0 Å². The fourth-order valence-corrected chi connectivity index (χ4v) is 2.32. The number of aromatic amines is 1. The summed E-state index contributed by atoms with van der Waals surface area (Å²) in [6, 6.07) is 6.10. The van der Waals surface area contributed by atoms with Crippen LogP contribution in [0.1, 0.15) is 0 Å². The summed E-state index contributed by atoms with van der Waals surface area (Å²) >= 11 is 12.9. The zero-order valence-electron chi connectivity index (χ0n) is 10.0. The maximum Gasteiger partial charge on any atom is 0.251 e. The topological polar surface area (TPSA) is 74.8 Å². The Morgan fingerprint density at radius 1 is 1.35 bits per heavy atom. The van der Waals surface area contributed by atoms with Gasteiger partial charge in [-0.1, -0.05) is 35.0 Å². The fourth-order valence-electron chi connectivity index (χ4n) is 1.34. The number of thioether (sulfide) groups is 1. The lowest BCUT2D eigenvalue weighted by atomic mass is 10.3. The lowest BCUT2D eigenvalue weighted by Crippen LogP contribution is -2.15. The molecule has 0 atom stereocenters. The summed E-state index contributed by atoms with van der Waals surface area (Å²) in [4.78, 5) is 29.3. The number of carbonyl (C=O) groups is 1. The average molecular weight is 330 g/mol. The molecule has 0 radical (unpaired) electrons. The quantitative estimate of drug-likeness (QED) is 0.668. The summed E-state index contributed by atoms with van der Waals surface area (Å²) in [5.74, 6) is -0.179. The van der Waals surface area contributed by atoms with Crippen molar-refractivity contribution in [1.29, 1.82) is 0 Å². The Kier molecular flexibility index (Phi) is 5.05. The third-order valence-electron chi connectivity index (χ3n) is 2.19. The second-order valence-electron chi connectivity index (χ2n) is 3.70. The Bertz CT molecular complexity index is 690. The average Bonchev–Trinajstić information content (AvgIpc) is 2.41. The Morgan fingerprint density at radius 3 is 2.90 bits per heavy atom. The number of halogens is 2. The van der Waals surface area contributed by atoms with Crippen LogP contribution in [0.2, 0.25) is 10.0 Å². The van der Waals surface area contributed by atoms with Gasteiger partial charge in [-0.2, -0.15) is 0 Å². The predicted octanol–water partition coefficient (Wildman–Crippen LogP) is 2.81. The van der Waals surface area contributed by atoms with Gasteiger partial charge in [0.25, 0.3) is 5.56 Å². The van der Waals surface area contributed by atoms with Gasteiger partial charge in [0, 0.05) is 17.3 Å². The molecule has 104 valence electrons. The van der Waals surface area contributed by atoms with E-state index in [4.69, 9.17) is 23.2 Å². The van der Waals surface area contributed by atoms with Gasteiger partial charge in [0.2, 0.25) is 5.91 Å². The Labute approximate surface area is 128 Å². The number of nitrogens with one attached hydrogen (secondary N) is 2. The van der Waals surface area contributed by atoms with Gasteiger partial charge in [-0.05, 0) is 18.2 Å². The van der Waals surface area contributed by atoms with Crippen molar-refractivity contribution in [1.82, 2.24) is 9.97 Å². The molecule has 0 unspecified atom stereocenters. The van der Waals surface area contributed by atoms with Gasteiger partial charge < -0.3 is 10.3 Å². The molecule has 1 aromatic carbocycles. The molecular formula is C12H9Cl2N3O2S. The molecule has 2 aromatic rings. The summed E-state index contributed by atoms with van der Waals surface area (Å²) < 4.78 is 0. The molecule has 2 rings (SSSR count). The maximum atomic E-state index is 11.8. The van der Waals surface area contributed by atoms with Crippen LogP contribution < -0.4 is 10.9 Å². The van der Waals surface area contributed by atoms with Crippen LogP contribution in [0.4, 0.5) is 5.69 Å². The number of rotatable bonds is 4. The highest BCUT2D eigenvalue weighted by molar-refractivity contribution is 7.99. The van der Waals surface area contributed by atoms with Crippen LogP contribution >= 0.6 is 35.0 Å². The van der Waals surface area contributed by atoms with Crippen molar-refractivity contribution in [3.05, 3.63) is 50.9 Å². The van der Waals surface area contributed by atoms with E-state index in [2.05, 4.69) is 15.3 Å². The van der Waals surface area contributed by atoms with E-state index in [-0.39, 0.29) is 17.2 Å². The summed E-state index contributed by atoms with van der Waals surface area (Å²) in [6.07, 6.45) is 1.38. The summed E-state index contributed by atoms with van der Waals surface area (Å²) in [5, 5.41) is 3.90. The molecular weight excluding hydrogens is 321 g/mol. The van der Waals surface area contributed by atoms with Crippen LogP contribution in [0.3, 0.4) is 0 Å². The normalized spacial score (nSPS) is 10.3. The van der Waals surface area contributed by atoms with Crippen LogP contribution in [0, 0.1) is 0 Å². The molecule has 1 amide bonds. The number of nitrogens with zero attached hydrogens (tertiary/aromatic N) is 1. The second kappa shape index (κ2) is 6.78. The SMILES string of the molecule is O=C(CSc1nccc(=O)[nH]1)Nc1cc(Cl)ccc1Cl. The molecule has 5 nitrogen and oxygen atoms in total. The summed E-state index contributed by atoms with van der Waals surface area (Å²) in [5.41, 5.74) is 0.181. The second-order valence-corrected chi connectivity index (χ2v) is 5.51. The van der Waals surface area contributed by atoms with Crippen LogP contribution in [-0.4, -0.2) is 21.6 Å². The molecule has 0 aliphatic rings. The molecule has 0 spiro atoms. The predicted molar refractivity (Wildman–Crippen MR) is 80.7 cm³/mol. The van der Waals surface area contributed by atoms with Gasteiger partial charge >= 0.3 is 0 Å². The van der Waals surface area contributed by atoms with Crippen LogP contribution in [-0.2, 0) is 4.79 Å². The van der Waals surface area contributed by atoms with Crippen molar-refractivity contribution < 1.29 is 4.79 Å². The highest BCUT2D eigenvalue weighted by atomic mass is 35.5. The van der Waals surface area contributed by atoms with E-state index in [1.165, 1.54) is 12.3 Å². The summed E-state index contributed by atoms with van der Waals surface area (Å²) in [6.45, 7) is 0. The Morgan fingerprint density at radius 2 is 2.15 bits per heavy atom. The molecule has 20 heavy (non-hydrogen) atoms. The van der Waals surface area contributed by atoms with Crippen molar-refractivity contribution in [2.45, 2.75) is 5.16 Å². The highest BCUT2D eigenvalue weighted by Gasteiger charge is 2.08. The molecule has 1 heterocycles. The van der Waals surface area contributed by atoms with E-state index in [1.54, 1.807) is 18.2 Å². The number of benzene rings is 1. The molecule has 2 N–H and O–H groups in total. The van der Waals surface area contributed by atoms with Gasteiger partial charge in [-0.25, -0.2) is 4.98 Å². The maximum absolute atomic E-state index is 11.8. The lowest BCUT2D eigenvalue weighted by molar-refractivity contribution is -0.113. The van der Waals surface area contributed by atoms with Crippen LogP contribution in [0.15, 0.2) is 40.4 Å². The third-order valence-corrected chi connectivity index (χ3v) is 3.64. The standard InChI is InChI=1S/C12H9Cl2N3O2S/c13-7-1-2-8(14)9(5-7)16-11(19)6-20-12-15-4-3-10(18)17-12/h1-5H,6H2,(H,16,19)(H,15,17,18). The largest absolute Gasteiger partial charge is 0.324 e.